The van der Waals surface area contributed by atoms with Gasteiger partial charge in [-0.1, -0.05) is 17.7 Å². The first-order chi connectivity index (χ1) is 8.88. The zero-order chi connectivity index (χ0) is 14.2. The number of aryl methyl sites for hydroxylation is 3. The number of amides is 1. The lowest BCUT2D eigenvalue weighted by atomic mass is 10.00. The maximum absolute atomic E-state index is 11.1. The van der Waals surface area contributed by atoms with Crippen molar-refractivity contribution in [2.24, 2.45) is 5.73 Å². The maximum Gasteiger partial charge on any atom is 0.271 e. The molecule has 0 aliphatic heterocycles. The Balaban J connectivity index is 2.37. The Hall–Kier alpha value is -2.30. The number of hydrogen-bond acceptors (Lipinski definition) is 3. The van der Waals surface area contributed by atoms with Gasteiger partial charge in [0.05, 0.1) is 12.2 Å². The quantitative estimate of drug-likeness (QED) is 0.875. The number of anilines is 1. The zero-order valence-corrected chi connectivity index (χ0v) is 11.4. The van der Waals surface area contributed by atoms with Gasteiger partial charge < -0.3 is 11.5 Å². The monoisotopic (exact) mass is 258 g/mol. The van der Waals surface area contributed by atoms with Gasteiger partial charge >= 0.3 is 0 Å². The Morgan fingerprint density at radius 3 is 2.32 bits per heavy atom. The molecule has 19 heavy (non-hydrogen) atoms. The van der Waals surface area contributed by atoms with Gasteiger partial charge in [0.2, 0.25) is 0 Å². The summed E-state index contributed by atoms with van der Waals surface area (Å²) >= 11 is 0. The highest BCUT2D eigenvalue weighted by atomic mass is 16.1. The summed E-state index contributed by atoms with van der Waals surface area (Å²) in [5.74, 6) is -0.603. The van der Waals surface area contributed by atoms with Crippen LogP contribution >= 0.6 is 0 Å². The molecule has 0 unspecified atom stereocenters. The molecule has 5 heteroatoms. The Kier molecular flexibility index (Phi) is 3.29. The van der Waals surface area contributed by atoms with Crippen LogP contribution in [0.15, 0.2) is 18.3 Å². The molecule has 0 atom stereocenters. The third-order valence-corrected chi connectivity index (χ3v) is 3.18. The van der Waals surface area contributed by atoms with Crippen molar-refractivity contribution in [1.29, 1.82) is 0 Å². The van der Waals surface area contributed by atoms with Crippen molar-refractivity contribution in [2.75, 3.05) is 5.73 Å². The van der Waals surface area contributed by atoms with Crippen molar-refractivity contribution in [3.05, 3.63) is 46.3 Å². The van der Waals surface area contributed by atoms with Crippen LogP contribution in [0.3, 0.4) is 0 Å². The number of primary amides is 1. The largest absolute Gasteiger partial charge is 0.396 e. The zero-order valence-electron chi connectivity index (χ0n) is 11.4. The Morgan fingerprint density at radius 1 is 1.26 bits per heavy atom. The number of nitrogens with two attached hydrogens (primary N) is 2. The molecule has 0 spiro atoms. The molecule has 1 aromatic carbocycles. The van der Waals surface area contributed by atoms with Gasteiger partial charge in [-0.05, 0) is 37.5 Å². The highest BCUT2D eigenvalue weighted by Crippen LogP contribution is 2.18. The number of carbonyl (C=O) groups is 1. The minimum Gasteiger partial charge on any atom is -0.396 e. The van der Waals surface area contributed by atoms with Crippen molar-refractivity contribution in [3.8, 4) is 0 Å². The van der Waals surface area contributed by atoms with E-state index in [0.29, 0.717) is 12.2 Å². The second kappa shape index (κ2) is 4.76. The van der Waals surface area contributed by atoms with E-state index in [2.05, 4.69) is 38.0 Å². The second-order valence-corrected chi connectivity index (χ2v) is 4.87. The maximum atomic E-state index is 11.1. The molecular weight excluding hydrogens is 240 g/mol. The molecule has 0 aliphatic rings. The Bertz CT molecular complexity index is 620. The third kappa shape index (κ3) is 2.59. The summed E-state index contributed by atoms with van der Waals surface area (Å²) in [7, 11) is 0. The van der Waals surface area contributed by atoms with E-state index in [1.807, 2.05) is 0 Å². The van der Waals surface area contributed by atoms with Crippen LogP contribution < -0.4 is 11.5 Å². The van der Waals surface area contributed by atoms with Crippen LogP contribution in [0.4, 0.5) is 5.69 Å². The van der Waals surface area contributed by atoms with Crippen molar-refractivity contribution in [1.82, 2.24) is 9.78 Å². The van der Waals surface area contributed by atoms with E-state index < -0.39 is 5.91 Å². The van der Waals surface area contributed by atoms with Gasteiger partial charge in [0.25, 0.3) is 5.91 Å². The summed E-state index contributed by atoms with van der Waals surface area (Å²) in [6.07, 6.45) is 1.64. The van der Waals surface area contributed by atoms with E-state index >= 15 is 0 Å². The lowest BCUT2D eigenvalue weighted by Gasteiger charge is -2.11. The van der Waals surface area contributed by atoms with Gasteiger partial charge in [-0.3, -0.25) is 9.48 Å². The number of benzene rings is 1. The van der Waals surface area contributed by atoms with Crippen molar-refractivity contribution < 1.29 is 4.79 Å². The predicted octanol–water partition coefficient (Wildman–Crippen LogP) is 1.54. The molecular formula is C14H18N4O. The summed E-state index contributed by atoms with van der Waals surface area (Å²) in [4.78, 5) is 11.1. The number of aromatic nitrogens is 2. The molecule has 0 saturated heterocycles. The van der Waals surface area contributed by atoms with Crippen LogP contribution in [-0.4, -0.2) is 15.7 Å². The lowest BCUT2D eigenvalue weighted by Crippen LogP contribution is -2.14. The van der Waals surface area contributed by atoms with Crippen molar-refractivity contribution >= 4 is 11.6 Å². The summed E-state index contributed by atoms with van der Waals surface area (Å²) in [5.41, 5.74) is 16.2. The Morgan fingerprint density at radius 2 is 1.84 bits per heavy atom. The molecule has 100 valence electrons. The normalized spacial score (nSPS) is 10.7. The SMILES string of the molecule is Cc1cc(C)c(Cn2cc(N)c(C(N)=O)n2)c(C)c1. The van der Waals surface area contributed by atoms with Gasteiger partial charge in [-0.15, -0.1) is 0 Å². The minimum atomic E-state index is -0.603. The molecule has 2 rings (SSSR count). The minimum absolute atomic E-state index is 0.127. The van der Waals surface area contributed by atoms with Crippen molar-refractivity contribution in [2.45, 2.75) is 27.3 Å². The van der Waals surface area contributed by atoms with E-state index in [0.717, 1.165) is 0 Å². The summed E-state index contributed by atoms with van der Waals surface area (Å²) in [6.45, 7) is 6.78. The first kappa shape index (κ1) is 13.1. The fraction of sp³-hybridized carbons (Fsp3) is 0.286. The molecule has 0 radical (unpaired) electrons. The van der Waals surface area contributed by atoms with Gasteiger partial charge in [-0.2, -0.15) is 5.10 Å². The molecule has 1 heterocycles. The number of carbonyl (C=O) groups excluding carboxylic acids is 1. The molecule has 4 N–H and O–H groups in total. The average molecular weight is 258 g/mol. The van der Waals surface area contributed by atoms with Crippen LogP contribution in [0.2, 0.25) is 0 Å². The smallest absolute Gasteiger partial charge is 0.271 e. The van der Waals surface area contributed by atoms with Crippen LogP contribution in [0.1, 0.15) is 32.7 Å². The number of nitrogen functional groups attached to an aromatic ring is 1. The first-order valence-electron chi connectivity index (χ1n) is 6.08. The number of hydrogen-bond donors (Lipinski definition) is 2. The molecule has 1 aromatic heterocycles. The van der Waals surface area contributed by atoms with Gasteiger partial charge in [0, 0.05) is 6.20 Å². The summed E-state index contributed by atoms with van der Waals surface area (Å²) in [5, 5.41) is 4.13. The topological polar surface area (TPSA) is 86.9 Å². The molecule has 5 nitrogen and oxygen atoms in total. The molecule has 0 saturated carbocycles. The molecule has 2 aromatic rings. The predicted molar refractivity (Wildman–Crippen MR) is 74.9 cm³/mol. The van der Waals surface area contributed by atoms with E-state index in [1.165, 1.54) is 22.3 Å². The second-order valence-electron chi connectivity index (χ2n) is 4.87. The number of rotatable bonds is 3. The highest BCUT2D eigenvalue weighted by molar-refractivity contribution is 5.95. The molecule has 0 bridgehead atoms. The van der Waals surface area contributed by atoms with Gasteiger partial charge in [0.15, 0.2) is 5.69 Å². The van der Waals surface area contributed by atoms with Crippen LogP contribution in [0.5, 0.6) is 0 Å². The first-order valence-corrected chi connectivity index (χ1v) is 6.08. The molecule has 0 aliphatic carbocycles. The van der Waals surface area contributed by atoms with Gasteiger partial charge in [0.1, 0.15) is 0 Å². The fourth-order valence-corrected chi connectivity index (χ4v) is 2.33. The van der Waals surface area contributed by atoms with Crippen LogP contribution in [-0.2, 0) is 6.54 Å². The third-order valence-electron chi connectivity index (χ3n) is 3.18. The summed E-state index contributed by atoms with van der Waals surface area (Å²) < 4.78 is 1.65. The average Bonchev–Trinajstić information content (AvgIpc) is 2.65. The van der Waals surface area contributed by atoms with E-state index in [1.54, 1.807) is 10.9 Å². The van der Waals surface area contributed by atoms with Gasteiger partial charge in [-0.25, -0.2) is 0 Å². The molecule has 1 amide bonds. The number of nitrogens with zero attached hydrogens (tertiary/aromatic N) is 2. The van der Waals surface area contributed by atoms with Crippen LogP contribution in [0, 0.1) is 20.8 Å². The van der Waals surface area contributed by atoms with E-state index in [9.17, 15) is 4.79 Å². The highest BCUT2D eigenvalue weighted by Gasteiger charge is 2.12. The fourth-order valence-electron chi connectivity index (χ4n) is 2.33. The standard InChI is InChI=1S/C14H18N4O/c1-8-4-9(2)11(10(3)5-8)6-18-7-12(15)13(17-18)14(16)19/h4-5,7H,6,15H2,1-3H3,(H2,16,19). The summed E-state index contributed by atoms with van der Waals surface area (Å²) in [6, 6.07) is 4.26. The van der Waals surface area contributed by atoms with Crippen LogP contribution in [0.25, 0.3) is 0 Å². The Labute approximate surface area is 112 Å². The van der Waals surface area contributed by atoms with E-state index in [-0.39, 0.29) is 5.69 Å². The van der Waals surface area contributed by atoms with E-state index in [4.69, 9.17) is 11.5 Å². The lowest BCUT2D eigenvalue weighted by molar-refractivity contribution is 0.0995. The van der Waals surface area contributed by atoms with Crippen molar-refractivity contribution in [3.63, 3.8) is 0 Å². The molecule has 0 fully saturated rings.